The van der Waals surface area contributed by atoms with Crippen molar-refractivity contribution in [1.82, 2.24) is 4.37 Å². The van der Waals surface area contributed by atoms with Crippen molar-refractivity contribution in [3.63, 3.8) is 0 Å². The van der Waals surface area contributed by atoms with Gasteiger partial charge in [-0.25, -0.2) is 9.18 Å². The molecule has 1 amide bonds. The van der Waals surface area contributed by atoms with Crippen molar-refractivity contribution in [2.24, 2.45) is 0 Å². The topological polar surface area (TPSA) is 88.5 Å². The number of nitrogens with one attached hydrogen (secondary N) is 1. The van der Waals surface area contributed by atoms with Gasteiger partial charge in [0.05, 0.1) is 10.6 Å². The average molecular weight is 416 g/mol. The number of aliphatic carboxylic acids is 1. The maximum atomic E-state index is 14.1. The predicted molar refractivity (Wildman–Crippen MR) is 110 cm³/mol. The molecule has 152 valence electrons. The van der Waals surface area contributed by atoms with Crippen molar-refractivity contribution in [2.75, 3.05) is 5.32 Å². The lowest BCUT2D eigenvalue weighted by Gasteiger charge is -2.19. The fraction of sp³-hybridized carbons (Fsp3) is 0.286. The van der Waals surface area contributed by atoms with Crippen LogP contribution in [0, 0.1) is 5.82 Å². The number of hydrogen-bond donors (Lipinski definition) is 2. The number of rotatable bonds is 5. The molecule has 2 aromatic carbocycles. The molecule has 29 heavy (non-hydrogen) atoms. The van der Waals surface area contributed by atoms with E-state index in [2.05, 4.69) is 9.69 Å². The van der Waals surface area contributed by atoms with Crippen LogP contribution in [-0.4, -0.2) is 27.1 Å². The summed E-state index contributed by atoms with van der Waals surface area (Å²) in [6.45, 7) is 5.29. The molecular weight excluding hydrogens is 395 g/mol. The quantitative estimate of drug-likeness (QED) is 0.597. The molecule has 1 atom stereocenters. The van der Waals surface area contributed by atoms with Crippen LogP contribution in [0.15, 0.2) is 42.5 Å². The van der Waals surface area contributed by atoms with Crippen molar-refractivity contribution in [3.05, 3.63) is 59.4 Å². The van der Waals surface area contributed by atoms with E-state index in [0.717, 1.165) is 4.70 Å². The summed E-state index contributed by atoms with van der Waals surface area (Å²) >= 11 is 1.21. The number of hydrogen-bond acceptors (Lipinski definition) is 5. The lowest BCUT2D eigenvalue weighted by molar-refractivity contribution is -0.138. The number of halogens is 1. The molecule has 0 radical (unpaired) electrons. The minimum atomic E-state index is -1.11. The highest BCUT2D eigenvalue weighted by molar-refractivity contribution is 7.13. The lowest BCUT2D eigenvalue weighted by atomic mass is 9.91. The molecule has 0 saturated heterocycles. The number of benzene rings is 2. The summed E-state index contributed by atoms with van der Waals surface area (Å²) in [4.78, 5) is 23.8. The highest BCUT2D eigenvalue weighted by Gasteiger charge is 2.24. The van der Waals surface area contributed by atoms with Crippen LogP contribution in [0.25, 0.3) is 10.1 Å². The maximum absolute atomic E-state index is 14.1. The molecule has 1 unspecified atom stereocenters. The largest absolute Gasteiger partial charge is 0.481 e. The Bertz CT molecular complexity index is 1060. The van der Waals surface area contributed by atoms with Crippen LogP contribution in [0.2, 0.25) is 0 Å². The van der Waals surface area contributed by atoms with Crippen molar-refractivity contribution in [1.29, 1.82) is 0 Å². The number of ether oxygens (including phenoxy) is 1. The number of anilines is 1. The Kier molecular flexibility index (Phi) is 5.83. The minimum absolute atomic E-state index is 0.105. The molecule has 1 aromatic heterocycles. The second-order valence-electron chi connectivity index (χ2n) is 7.61. The van der Waals surface area contributed by atoms with Crippen LogP contribution < -0.4 is 5.32 Å². The molecule has 0 aliphatic rings. The summed E-state index contributed by atoms with van der Waals surface area (Å²) in [6, 6.07) is 11.2. The van der Waals surface area contributed by atoms with E-state index in [-0.39, 0.29) is 12.0 Å². The SMILES string of the molecule is CC(C)(C)OC(=O)Nc1nsc2ccc(CC(C(=O)O)c3ccccc3F)cc12. The number of nitrogens with zero attached hydrogens (tertiary/aromatic N) is 1. The van der Waals surface area contributed by atoms with Crippen LogP contribution in [-0.2, 0) is 16.0 Å². The van der Waals surface area contributed by atoms with E-state index in [1.54, 1.807) is 39.0 Å². The van der Waals surface area contributed by atoms with Crippen molar-refractivity contribution < 1.29 is 23.8 Å². The normalized spacial score (nSPS) is 12.6. The van der Waals surface area contributed by atoms with Crippen LogP contribution >= 0.6 is 11.5 Å². The number of carbonyl (C=O) groups excluding carboxylic acids is 1. The molecule has 0 spiro atoms. The smallest absolute Gasteiger partial charge is 0.413 e. The number of carbonyl (C=O) groups is 2. The first-order valence-electron chi connectivity index (χ1n) is 8.99. The Hall–Kier alpha value is -3.00. The third-order valence-corrected chi connectivity index (χ3v) is 5.00. The van der Waals surface area contributed by atoms with Gasteiger partial charge in [-0.1, -0.05) is 24.3 Å². The van der Waals surface area contributed by atoms with Gasteiger partial charge < -0.3 is 9.84 Å². The molecule has 6 nitrogen and oxygen atoms in total. The molecule has 0 aliphatic carbocycles. The van der Waals surface area contributed by atoms with Gasteiger partial charge in [0.1, 0.15) is 11.4 Å². The first kappa shape index (κ1) is 20.7. The predicted octanol–water partition coefficient (Wildman–Crippen LogP) is 5.19. The highest BCUT2D eigenvalue weighted by atomic mass is 32.1. The zero-order valence-corrected chi connectivity index (χ0v) is 17.0. The number of carboxylic acid groups (broad SMARTS) is 1. The van der Waals surface area contributed by atoms with E-state index in [1.165, 1.54) is 29.7 Å². The summed E-state index contributed by atoms with van der Waals surface area (Å²) < 4.78 is 24.4. The fourth-order valence-electron chi connectivity index (χ4n) is 2.93. The Morgan fingerprint density at radius 2 is 1.97 bits per heavy atom. The number of carboxylic acids is 1. The third kappa shape index (κ3) is 5.08. The van der Waals surface area contributed by atoms with Gasteiger partial charge in [-0.3, -0.25) is 10.1 Å². The van der Waals surface area contributed by atoms with Gasteiger partial charge in [-0.05, 0) is 62.5 Å². The molecule has 8 heteroatoms. The van der Waals surface area contributed by atoms with Gasteiger partial charge in [0.25, 0.3) is 0 Å². The number of aromatic nitrogens is 1. The first-order chi connectivity index (χ1) is 13.6. The van der Waals surface area contributed by atoms with Gasteiger partial charge in [0.2, 0.25) is 0 Å². The Labute approximate surface area is 171 Å². The molecule has 2 N–H and O–H groups in total. The van der Waals surface area contributed by atoms with E-state index >= 15 is 0 Å². The summed E-state index contributed by atoms with van der Waals surface area (Å²) in [5.74, 6) is -2.34. The second-order valence-corrected chi connectivity index (χ2v) is 8.41. The number of amides is 1. The molecule has 0 saturated carbocycles. The maximum Gasteiger partial charge on any atom is 0.413 e. The van der Waals surface area contributed by atoms with E-state index in [4.69, 9.17) is 4.74 Å². The van der Waals surface area contributed by atoms with E-state index in [1.807, 2.05) is 6.07 Å². The summed E-state index contributed by atoms with van der Waals surface area (Å²) in [5.41, 5.74) is 0.187. The molecule has 3 rings (SSSR count). The van der Waals surface area contributed by atoms with E-state index in [9.17, 15) is 19.1 Å². The monoisotopic (exact) mass is 416 g/mol. The van der Waals surface area contributed by atoms with E-state index < -0.39 is 29.4 Å². The third-order valence-electron chi connectivity index (χ3n) is 4.17. The molecule has 0 aliphatic heterocycles. The van der Waals surface area contributed by atoms with Crippen LogP contribution in [0.5, 0.6) is 0 Å². The summed E-state index contributed by atoms with van der Waals surface area (Å²) in [6.07, 6.45) is -0.515. The van der Waals surface area contributed by atoms with Gasteiger partial charge in [-0.15, -0.1) is 0 Å². The average Bonchev–Trinajstić information content (AvgIpc) is 3.01. The second kappa shape index (κ2) is 8.16. The Morgan fingerprint density at radius 1 is 1.24 bits per heavy atom. The van der Waals surface area contributed by atoms with Crippen molar-refractivity contribution in [2.45, 2.75) is 38.7 Å². The lowest BCUT2D eigenvalue weighted by Crippen LogP contribution is -2.27. The molecule has 0 fully saturated rings. The van der Waals surface area contributed by atoms with Crippen molar-refractivity contribution >= 4 is 39.5 Å². The zero-order chi connectivity index (χ0) is 21.2. The van der Waals surface area contributed by atoms with E-state index in [0.29, 0.717) is 16.8 Å². The number of fused-ring (bicyclic) bond motifs is 1. The summed E-state index contributed by atoms with van der Waals surface area (Å²) in [7, 11) is 0. The highest BCUT2D eigenvalue weighted by Crippen LogP contribution is 2.31. The molecule has 1 heterocycles. The van der Waals surface area contributed by atoms with Gasteiger partial charge in [0, 0.05) is 10.9 Å². The first-order valence-corrected chi connectivity index (χ1v) is 9.77. The zero-order valence-electron chi connectivity index (χ0n) is 16.2. The van der Waals surface area contributed by atoms with Crippen LogP contribution in [0.3, 0.4) is 0 Å². The summed E-state index contributed by atoms with van der Waals surface area (Å²) in [5, 5.41) is 12.9. The standard InChI is InChI=1S/C21H21FN2O4S/c1-21(2,3)28-20(27)23-18-15-11-12(8-9-17(15)29-24-18)10-14(19(25)26)13-6-4-5-7-16(13)22/h4-9,11,14H,10H2,1-3H3,(H,25,26)(H,23,24,27). The molecule has 3 aromatic rings. The fourth-order valence-corrected chi connectivity index (χ4v) is 3.64. The van der Waals surface area contributed by atoms with Gasteiger partial charge in [0.15, 0.2) is 5.82 Å². The Morgan fingerprint density at radius 3 is 2.62 bits per heavy atom. The van der Waals surface area contributed by atoms with Gasteiger partial charge in [-0.2, -0.15) is 4.37 Å². The van der Waals surface area contributed by atoms with Gasteiger partial charge >= 0.3 is 12.1 Å². The van der Waals surface area contributed by atoms with Crippen LogP contribution in [0.4, 0.5) is 15.0 Å². The molecule has 0 bridgehead atoms. The molecular formula is C21H21FN2O4S. The Balaban J connectivity index is 1.88. The van der Waals surface area contributed by atoms with Crippen molar-refractivity contribution in [3.8, 4) is 0 Å². The minimum Gasteiger partial charge on any atom is -0.481 e. The van der Waals surface area contributed by atoms with Crippen LogP contribution in [0.1, 0.15) is 37.8 Å².